The minimum Gasteiger partial charge on any atom is -0.482 e. The van der Waals surface area contributed by atoms with E-state index in [1.165, 1.54) is 0 Å². The summed E-state index contributed by atoms with van der Waals surface area (Å²) in [4.78, 5) is 18.2. The summed E-state index contributed by atoms with van der Waals surface area (Å²) >= 11 is 6.33. The smallest absolute Gasteiger partial charge is 0.260 e. The van der Waals surface area contributed by atoms with E-state index in [9.17, 15) is 4.79 Å². The first-order valence-electron chi connectivity index (χ1n) is 8.75. The van der Waals surface area contributed by atoms with Gasteiger partial charge < -0.3 is 9.64 Å². The lowest BCUT2D eigenvalue weighted by atomic mass is 10.1. The Labute approximate surface area is 164 Å². The first kappa shape index (κ1) is 18.9. The molecule has 1 aromatic heterocycles. The van der Waals surface area contributed by atoms with E-state index in [0.29, 0.717) is 23.7 Å². The zero-order valence-corrected chi connectivity index (χ0v) is 15.9. The lowest BCUT2D eigenvalue weighted by Crippen LogP contribution is -2.33. The van der Waals surface area contributed by atoms with Crippen molar-refractivity contribution in [1.29, 1.82) is 0 Å². The summed E-state index contributed by atoms with van der Waals surface area (Å²) in [6.45, 7) is 0.531. The zero-order chi connectivity index (χ0) is 19.1. The molecule has 138 valence electrons. The highest BCUT2D eigenvalue weighted by atomic mass is 35.5. The maximum absolute atomic E-state index is 12.3. The van der Waals surface area contributed by atoms with Gasteiger partial charge in [-0.25, -0.2) is 0 Å². The minimum atomic E-state index is -0.103. The third-order valence-corrected chi connectivity index (χ3v) is 4.54. The number of hydrogen-bond acceptors (Lipinski definition) is 3. The second-order valence-corrected chi connectivity index (χ2v) is 6.59. The Morgan fingerprint density at radius 3 is 2.52 bits per heavy atom. The van der Waals surface area contributed by atoms with Gasteiger partial charge >= 0.3 is 0 Å². The van der Waals surface area contributed by atoms with E-state index in [1.54, 1.807) is 24.2 Å². The summed E-state index contributed by atoms with van der Waals surface area (Å²) in [5.41, 5.74) is 3.04. The van der Waals surface area contributed by atoms with E-state index in [0.717, 1.165) is 16.8 Å². The molecule has 0 saturated carbocycles. The number of rotatable bonds is 7. The molecule has 27 heavy (non-hydrogen) atoms. The van der Waals surface area contributed by atoms with E-state index in [1.807, 2.05) is 60.7 Å². The van der Waals surface area contributed by atoms with Crippen molar-refractivity contribution in [3.63, 3.8) is 0 Å². The largest absolute Gasteiger partial charge is 0.482 e. The van der Waals surface area contributed by atoms with Gasteiger partial charge in [-0.3, -0.25) is 9.78 Å². The summed E-state index contributed by atoms with van der Waals surface area (Å²) in [5.74, 6) is 0.400. The van der Waals surface area contributed by atoms with Crippen LogP contribution >= 0.6 is 11.6 Å². The molecule has 0 spiro atoms. The van der Waals surface area contributed by atoms with Crippen LogP contribution in [0.5, 0.6) is 5.75 Å². The maximum atomic E-state index is 12.3. The van der Waals surface area contributed by atoms with E-state index < -0.39 is 0 Å². The fraction of sp³-hybridized carbons (Fsp3) is 0.182. The Morgan fingerprint density at radius 1 is 1.04 bits per heavy atom. The van der Waals surface area contributed by atoms with Crippen molar-refractivity contribution in [3.05, 3.63) is 83.6 Å². The normalized spacial score (nSPS) is 10.4. The number of likely N-dealkylation sites (N-methyl/N-ethyl adjacent to an activating group) is 1. The van der Waals surface area contributed by atoms with Crippen molar-refractivity contribution in [2.24, 2.45) is 0 Å². The molecular formula is C22H21ClN2O2. The molecule has 0 radical (unpaired) electrons. The predicted molar refractivity (Wildman–Crippen MR) is 108 cm³/mol. The number of hydrogen-bond donors (Lipinski definition) is 0. The molecule has 5 heteroatoms. The molecule has 0 aliphatic carbocycles. The molecular weight excluding hydrogens is 360 g/mol. The van der Waals surface area contributed by atoms with Crippen LogP contribution in [0.2, 0.25) is 5.02 Å². The van der Waals surface area contributed by atoms with Gasteiger partial charge in [-0.15, -0.1) is 0 Å². The van der Waals surface area contributed by atoms with Crippen LogP contribution in [0.4, 0.5) is 0 Å². The molecule has 0 aliphatic rings. The quantitative estimate of drug-likeness (QED) is 0.606. The van der Waals surface area contributed by atoms with E-state index >= 15 is 0 Å². The Bertz CT molecular complexity index is 885. The topological polar surface area (TPSA) is 42.4 Å². The van der Waals surface area contributed by atoms with Crippen molar-refractivity contribution in [1.82, 2.24) is 9.88 Å². The Morgan fingerprint density at radius 2 is 1.81 bits per heavy atom. The lowest BCUT2D eigenvalue weighted by molar-refractivity contribution is -0.132. The number of aromatic nitrogens is 1. The van der Waals surface area contributed by atoms with Crippen molar-refractivity contribution in [2.45, 2.75) is 6.42 Å². The van der Waals surface area contributed by atoms with Crippen LogP contribution in [0.25, 0.3) is 11.1 Å². The van der Waals surface area contributed by atoms with Crippen molar-refractivity contribution in [2.75, 3.05) is 20.2 Å². The maximum Gasteiger partial charge on any atom is 0.260 e. The van der Waals surface area contributed by atoms with E-state index in [2.05, 4.69) is 4.98 Å². The summed E-state index contributed by atoms with van der Waals surface area (Å²) in [5, 5.41) is 0.486. The number of pyridine rings is 1. The fourth-order valence-corrected chi connectivity index (χ4v) is 2.87. The van der Waals surface area contributed by atoms with Gasteiger partial charge in [0, 0.05) is 31.9 Å². The number of nitrogens with zero attached hydrogens (tertiary/aromatic N) is 2. The van der Waals surface area contributed by atoms with Crippen molar-refractivity contribution < 1.29 is 9.53 Å². The second kappa shape index (κ2) is 9.19. The van der Waals surface area contributed by atoms with Gasteiger partial charge in [-0.1, -0.05) is 54.1 Å². The molecule has 0 saturated heterocycles. The van der Waals surface area contributed by atoms with Crippen LogP contribution in [0.15, 0.2) is 72.9 Å². The number of amides is 1. The van der Waals surface area contributed by atoms with Crippen LogP contribution in [-0.2, 0) is 11.2 Å². The molecule has 3 rings (SSSR count). The summed E-state index contributed by atoms with van der Waals surface area (Å²) in [6, 6.07) is 21.3. The third kappa shape index (κ3) is 5.31. The van der Waals surface area contributed by atoms with Crippen LogP contribution in [0.3, 0.4) is 0 Å². The standard InChI is InChI=1S/C22H21ClN2O2/c1-25(14-12-19-9-5-6-13-24-19)22(26)16-27-21-11-10-18(15-20(21)23)17-7-3-2-4-8-17/h2-11,13,15H,12,14,16H2,1H3. The average molecular weight is 381 g/mol. The van der Waals surface area contributed by atoms with Crippen LogP contribution in [0, 0.1) is 0 Å². The first-order valence-corrected chi connectivity index (χ1v) is 9.13. The van der Waals surface area contributed by atoms with Crippen LogP contribution < -0.4 is 4.74 Å². The molecule has 1 heterocycles. The molecule has 0 atom stereocenters. The highest BCUT2D eigenvalue weighted by Gasteiger charge is 2.12. The van der Waals surface area contributed by atoms with Gasteiger partial charge in [0.05, 0.1) is 5.02 Å². The number of ether oxygens (including phenoxy) is 1. The third-order valence-electron chi connectivity index (χ3n) is 4.25. The van der Waals surface area contributed by atoms with Gasteiger partial charge in [0.1, 0.15) is 5.75 Å². The SMILES string of the molecule is CN(CCc1ccccn1)C(=O)COc1ccc(-c2ccccc2)cc1Cl. The summed E-state index contributed by atoms with van der Waals surface area (Å²) < 4.78 is 5.62. The number of halogens is 1. The number of carbonyl (C=O) groups excluding carboxylic acids is 1. The molecule has 0 unspecified atom stereocenters. The highest BCUT2D eigenvalue weighted by Crippen LogP contribution is 2.30. The molecule has 1 amide bonds. The Kier molecular flexibility index (Phi) is 6.44. The van der Waals surface area contributed by atoms with Crippen molar-refractivity contribution in [3.8, 4) is 16.9 Å². The van der Waals surface area contributed by atoms with Crippen LogP contribution in [0.1, 0.15) is 5.69 Å². The second-order valence-electron chi connectivity index (χ2n) is 6.19. The van der Waals surface area contributed by atoms with Gasteiger partial charge in [0.25, 0.3) is 5.91 Å². The Balaban J connectivity index is 1.54. The molecule has 0 aliphatic heterocycles. The lowest BCUT2D eigenvalue weighted by Gasteiger charge is -2.17. The molecule has 4 nitrogen and oxygen atoms in total. The summed E-state index contributed by atoms with van der Waals surface area (Å²) in [7, 11) is 1.76. The molecule has 3 aromatic rings. The number of carbonyl (C=O) groups is 1. The van der Waals surface area contributed by atoms with E-state index in [4.69, 9.17) is 16.3 Å². The zero-order valence-electron chi connectivity index (χ0n) is 15.1. The predicted octanol–water partition coefficient (Wildman–Crippen LogP) is 4.48. The fourth-order valence-electron chi connectivity index (χ4n) is 2.63. The highest BCUT2D eigenvalue weighted by molar-refractivity contribution is 6.32. The molecule has 2 aromatic carbocycles. The van der Waals surface area contributed by atoms with Crippen LogP contribution in [-0.4, -0.2) is 36.0 Å². The minimum absolute atomic E-state index is 0.0525. The molecule has 0 fully saturated rings. The van der Waals surface area contributed by atoms with Crippen molar-refractivity contribution >= 4 is 17.5 Å². The van der Waals surface area contributed by atoms with Gasteiger partial charge in [-0.2, -0.15) is 0 Å². The number of benzene rings is 2. The van der Waals surface area contributed by atoms with E-state index in [-0.39, 0.29) is 12.5 Å². The van der Waals surface area contributed by atoms with Gasteiger partial charge in [0.15, 0.2) is 6.61 Å². The molecule has 0 N–H and O–H groups in total. The first-order chi connectivity index (χ1) is 13.1. The summed E-state index contributed by atoms with van der Waals surface area (Å²) in [6.07, 6.45) is 2.46. The monoisotopic (exact) mass is 380 g/mol. The van der Waals surface area contributed by atoms with Gasteiger partial charge in [0.2, 0.25) is 0 Å². The average Bonchev–Trinajstić information content (AvgIpc) is 2.72. The van der Waals surface area contributed by atoms with Gasteiger partial charge in [-0.05, 0) is 35.4 Å². The molecule has 0 bridgehead atoms. The Hall–Kier alpha value is -2.85.